The molecule has 124 valence electrons. The number of aryl methyl sites for hydroxylation is 1. The van der Waals surface area contributed by atoms with E-state index in [4.69, 9.17) is 0 Å². The highest BCUT2D eigenvalue weighted by molar-refractivity contribution is 5.98. The van der Waals surface area contributed by atoms with E-state index >= 15 is 0 Å². The van der Waals surface area contributed by atoms with Crippen LogP contribution in [0.25, 0.3) is 11.4 Å². The van der Waals surface area contributed by atoms with Gasteiger partial charge in [-0.15, -0.1) is 0 Å². The van der Waals surface area contributed by atoms with Crippen LogP contribution >= 0.6 is 0 Å². The number of rotatable bonds is 3. The zero-order valence-corrected chi connectivity index (χ0v) is 13.6. The van der Waals surface area contributed by atoms with Crippen LogP contribution in [0.5, 0.6) is 0 Å². The third kappa shape index (κ3) is 2.67. The second-order valence-corrected chi connectivity index (χ2v) is 6.71. The van der Waals surface area contributed by atoms with Gasteiger partial charge in [0.15, 0.2) is 5.82 Å². The summed E-state index contributed by atoms with van der Waals surface area (Å²) in [4.78, 5) is 28.0. The van der Waals surface area contributed by atoms with E-state index < -0.39 is 0 Å². The number of carbonyl (C=O) groups is 1. The second-order valence-electron chi connectivity index (χ2n) is 6.71. The molecule has 1 saturated heterocycles. The topological polar surface area (TPSA) is 79.2 Å². The molecule has 0 radical (unpaired) electrons. The van der Waals surface area contributed by atoms with Gasteiger partial charge in [-0.1, -0.05) is 0 Å². The first-order valence-electron chi connectivity index (χ1n) is 8.34. The third-order valence-electron chi connectivity index (χ3n) is 5.03. The summed E-state index contributed by atoms with van der Waals surface area (Å²) in [5, 5.41) is 9.70. The summed E-state index contributed by atoms with van der Waals surface area (Å²) in [6.07, 6.45) is 5.36. The summed E-state index contributed by atoms with van der Waals surface area (Å²) >= 11 is 0. The van der Waals surface area contributed by atoms with Gasteiger partial charge in [0.25, 0.3) is 5.91 Å². The van der Waals surface area contributed by atoms with E-state index in [9.17, 15) is 9.90 Å². The molecule has 2 aliphatic rings. The fourth-order valence-corrected chi connectivity index (χ4v) is 3.60. The Bertz CT molecular complexity index is 765. The van der Waals surface area contributed by atoms with Gasteiger partial charge in [-0.25, -0.2) is 15.0 Å². The van der Waals surface area contributed by atoms with E-state index in [0.29, 0.717) is 35.5 Å². The highest BCUT2D eigenvalue weighted by Crippen LogP contribution is 2.47. The molecule has 0 bridgehead atoms. The molecule has 24 heavy (non-hydrogen) atoms. The molecule has 4 rings (SSSR count). The molecule has 6 heteroatoms. The Hall–Kier alpha value is -2.34. The van der Waals surface area contributed by atoms with Gasteiger partial charge >= 0.3 is 0 Å². The molecule has 2 aromatic heterocycles. The standard InChI is InChI=1S/C18H20N4O2/c1-11-3-4-15(17-19-5-2-6-20-17)16(21-11)18(24)22-9-13-7-12(13)8-14(22)10-23/h2-6,12-14,23H,7-10H2,1H3/t12?,13-,14?/m0/s1. The molecule has 3 atom stereocenters. The molecule has 1 N–H and O–H groups in total. The molecule has 0 spiro atoms. The van der Waals surface area contributed by atoms with Crippen LogP contribution in [0.2, 0.25) is 0 Å². The van der Waals surface area contributed by atoms with Crippen molar-refractivity contribution in [3.05, 3.63) is 42.0 Å². The molecule has 2 unspecified atom stereocenters. The van der Waals surface area contributed by atoms with E-state index in [1.807, 2.05) is 19.1 Å². The summed E-state index contributed by atoms with van der Waals surface area (Å²) in [7, 11) is 0. The minimum Gasteiger partial charge on any atom is -0.394 e. The summed E-state index contributed by atoms with van der Waals surface area (Å²) in [6, 6.07) is 5.34. The Morgan fingerprint density at radius 2 is 2.04 bits per heavy atom. The molecule has 1 saturated carbocycles. The lowest BCUT2D eigenvalue weighted by Gasteiger charge is -2.34. The van der Waals surface area contributed by atoms with Crippen molar-refractivity contribution in [2.24, 2.45) is 11.8 Å². The number of aliphatic hydroxyl groups is 1. The fraction of sp³-hybridized carbons (Fsp3) is 0.444. The molecule has 1 aliphatic heterocycles. The predicted molar refractivity (Wildman–Crippen MR) is 88.1 cm³/mol. The quantitative estimate of drug-likeness (QED) is 0.929. The lowest BCUT2D eigenvalue weighted by atomic mass is 10.0. The zero-order chi connectivity index (χ0) is 16.7. The number of aromatic nitrogens is 3. The Morgan fingerprint density at radius 3 is 2.79 bits per heavy atom. The van der Waals surface area contributed by atoms with Gasteiger partial charge in [-0.3, -0.25) is 4.79 Å². The molecule has 6 nitrogen and oxygen atoms in total. The molecule has 2 fully saturated rings. The normalized spacial score (nSPS) is 25.2. The van der Waals surface area contributed by atoms with Crippen molar-refractivity contribution >= 4 is 5.91 Å². The number of piperidine rings is 1. The second kappa shape index (κ2) is 5.94. The molecule has 2 aromatic rings. The first-order chi connectivity index (χ1) is 11.7. The van der Waals surface area contributed by atoms with Gasteiger partial charge in [-0.2, -0.15) is 0 Å². The van der Waals surface area contributed by atoms with Crippen LogP contribution in [-0.4, -0.2) is 50.1 Å². The number of hydrogen-bond donors (Lipinski definition) is 1. The number of fused-ring (bicyclic) bond motifs is 1. The Labute approximate surface area is 140 Å². The van der Waals surface area contributed by atoms with Gasteiger partial charge in [-0.05, 0) is 49.8 Å². The maximum absolute atomic E-state index is 13.2. The largest absolute Gasteiger partial charge is 0.394 e. The maximum Gasteiger partial charge on any atom is 0.273 e. The first-order valence-corrected chi connectivity index (χ1v) is 8.34. The van der Waals surface area contributed by atoms with Crippen LogP contribution < -0.4 is 0 Å². The Morgan fingerprint density at radius 1 is 1.25 bits per heavy atom. The summed E-state index contributed by atoms with van der Waals surface area (Å²) < 4.78 is 0. The highest BCUT2D eigenvalue weighted by Gasteiger charge is 2.47. The van der Waals surface area contributed by atoms with Crippen LogP contribution in [0.4, 0.5) is 0 Å². The van der Waals surface area contributed by atoms with E-state index in [0.717, 1.165) is 18.5 Å². The van der Waals surface area contributed by atoms with E-state index in [1.165, 1.54) is 0 Å². The summed E-state index contributed by atoms with van der Waals surface area (Å²) in [6.45, 7) is 2.57. The van der Waals surface area contributed by atoms with Crippen molar-refractivity contribution in [3.8, 4) is 11.4 Å². The fourth-order valence-electron chi connectivity index (χ4n) is 3.60. The van der Waals surface area contributed by atoms with Crippen LogP contribution in [0.15, 0.2) is 30.6 Å². The van der Waals surface area contributed by atoms with Crippen LogP contribution in [0, 0.1) is 18.8 Å². The number of likely N-dealkylation sites (tertiary alicyclic amines) is 1. The monoisotopic (exact) mass is 324 g/mol. The van der Waals surface area contributed by atoms with Gasteiger partial charge in [0.05, 0.1) is 18.2 Å². The van der Waals surface area contributed by atoms with Gasteiger partial charge in [0.2, 0.25) is 0 Å². The van der Waals surface area contributed by atoms with Crippen molar-refractivity contribution in [3.63, 3.8) is 0 Å². The average Bonchev–Trinajstić information content (AvgIpc) is 3.39. The van der Waals surface area contributed by atoms with E-state index in [1.54, 1.807) is 23.4 Å². The van der Waals surface area contributed by atoms with Crippen molar-refractivity contribution < 1.29 is 9.90 Å². The SMILES string of the molecule is Cc1ccc(-c2ncccn2)c(C(=O)N2C[C@@H]3CC3CC2CO)n1. The van der Waals surface area contributed by atoms with Crippen molar-refractivity contribution in [1.82, 2.24) is 19.9 Å². The van der Waals surface area contributed by atoms with Gasteiger partial charge in [0, 0.05) is 24.6 Å². The third-order valence-corrected chi connectivity index (χ3v) is 5.03. The number of carbonyl (C=O) groups excluding carboxylic acids is 1. The molecule has 1 amide bonds. The van der Waals surface area contributed by atoms with E-state index in [2.05, 4.69) is 15.0 Å². The number of hydrogen-bond acceptors (Lipinski definition) is 5. The van der Waals surface area contributed by atoms with Crippen molar-refractivity contribution in [1.29, 1.82) is 0 Å². The highest BCUT2D eigenvalue weighted by atomic mass is 16.3. The van der Waals surface area contributed by atoms with Crippen LogP contribution in [0.1, 0.15) is 29.0 Å². The lowest BCUT2D eigenvalue weighted by molar-refractivity contribution is 0.0481. The summed E-state index contributed by atoms with van der Waals surface area (Å²) in [5.41, 5.74) is 1.79. The minimum absolute atomic E-state index is 0.00204. The predicted octanol–water partition coefficient (Wildman–Crippen LogP) is 1.69. The summed E-state index contributed by atoms with van der Waals surface area (Å²) in [5.74, 6) is 1.62. The van der Waals surface area contributed by atoms with Crippen LogP contribution in [0.3, 0.4) is 0 Å². The number of aliphatic hydroxyl groups excluding tert-OH is 1. The van der Waals surface area contributed by atoms with E-state index in [-0.39, 0.29) is 18.6 Å². The zero-order valence-electron chi connectivity index (χ0n) is 13.6. The number of pyridine rings is 1. The maximum atomic E-state index is 13.2. The molecular formula is C18H20N4O2. The van der Waals surface area contributed by atoms with Gasteiger partial charge < -0.3 is 10.0 Å². The smallest absolute Gasteiger partial charge is 0.273 e. The Kier molecular flexibility index (Phi) is 3.76. The first kappa shape index (κ1) is 15.2. The van der Waals surface area contributed by atoms with Crippen molar-refractivity contribution in [2.45, 2.75) is 25.8 Å². The lowest BCUT2D eigenvalue weighted by Crippen LogP contribution is -2.47. The Balaban J connectivity index is 1.72. The molecule has 1 aliphatic carbocycles. The van der Waals surface area contributed by atoms with Gasteiger partial charge in [0.1, 0.15) is 5.69 Å². The average molecular weight is 324 g/mol. The molecule has 3 heterocycles. The molecule has 0 aromatic carbocycles. The van der Waals surface area contributed by atoms with Crippen LogP contribution in [-0.2, 0) is 0 Å². The minimum atomic E-state index is -0.134. The number of nitrogens with zero attached hydrogens (tertiary/aromatic N) is 4. The molecular weight excluding hydrogens is 304 g/mol. The van der Waals surface area contributed by atoms with Crippen molar-refractivity contribution in [2.75, 3.05) is 13.2 Å². The number of amides is 1.